The second-order valence-corrected chi connectivity index (χ2v) is 4.34. The van der Waals surface area contributed by atoms with E-state index in [1.807, 2.05) is 0 Å². The van der Waals surface area contributed by atoms with Crippen LogP contribution in [0.1, 0.15) is 11.3 Å². The first kappa shape index (κ1) is 13.2. The van der Waals surface area contributed by atoms with Crippen molar-refractivity contribution in [2.24, 2.45) is 0 Å². The quantitative estimate of drug-likeness (QED) is 0.687. The minimum atomic E-state index is -0.496. The average molecular weight is 279 g/mol. The summed E-state index contributed by atoms with van der Waals surface area (Å²) in [6.07, 6.45) is 3.12. The van der Waals surface area contributed by atoms with Gasteiger partial charge in [-0.15, -0.1) is 0 Å². The Morgan fingerprint density at radius 2 is 2.26 bits per heavy atom. The van der Waals surface area contributed by atoms with Gasteiger partial charge in [0, 0.05) is 18.0 Å². The zero-order valence-corrected chi connectivity index (χ0v) is 10.9. The van der Waals surface area contributed by atoms with Crippen LogP contribution in [0.4, 0.5) is 11.4 Å². The van der Waals surface area contributed by atoms with E-state index in [9.17, 15) is 10.1 Å². The largest absolute Gasteiger partial charge is 0.379 e. The maximum atomic E-state index is 10.7. The molecule has 7 heteroatoms. The second-order valence-electron chi connectivity index (χ2n) is 3.93. The number of anilines is 1. The van der Waals surface area contributed by atoms with E-state index < -0.39 is 4.92 Å². The first-order chi connectivity index (χ1) is 9.08. The van der Waals surface area contributed by atoms with Crippen molar-refractivity contribution in [3.8, 4) is 0 Å². The minimum Gasteiger partial charge on any atom is -0.379 e. The summed E-state index contributed by atoms with van der Waals surface area (Å²) in [5, 5.41) is 14.0. The molecule has 19 heavy (non-hydrogen) atoms. The number of hydrogen-bond donors (Lipinski definition) is 1. The van der Waals surface area contributed by atoms with Crippen LogP contribution in [-0.4, -0.2) is 14.9 Å². The van der Waals surface area contributed by atoms with Crippen molar-refractivity contribution in [1.82, 2.24) is 9.97 Å². The van der Waals surface area contributed by atoms with Crippen molar-refractivity contribution in [3.63, 3.8) is 0 Å². The molecule has 0 fully saturated rings. The minimum absolute atomic E-state index is 0.0910. The molecule has 98 valence electrons. The van der Waals surface area contributed by atoms with E-state index >= 15 is 0 Å². The van der Waals surface area contributed by atoms with Crippen LogP contribution in [0.2, 0.25) is 5.02 Å². The lowest BCUT2D eigenvalue weighted by atomic mass is 10.1. The predicted molar refractivity (Wildman–Crippen MR) is 72.2 cm³/mol. The fraction of sp³-hybridized carbons (Fsp3) is 0.167. The summed E-state index contributed by atoms with van der Waals surface area (Å²) < 4.78 is 0. The molecule has 0 radical (unpaired) electrons. The van der Waals surface area contributed by atoms with Gasteiger partial charge in [-0.3, -0.25) is 10.1 Å². The van der Waals surface area contributed by atoms with Crippen molar-refractivity contribution in [1.29, 1.82) is 0 Å². The Kier molecular flexibility index (Phi) is 3.91. The van der Waals surface area contributed by atoms with Crippen LogP contribution >= 0.6 is 11.6 Å². The Morgan fingerprint density at radius 1 is 1.47 bits per heavy atom. The molecule has 0 aliphatic carbocycles. The molecule has 0 aliphatic heterocycles. The molecule has 0 aliphatic rings. The molecule has 6 nitrogen and oxygen atoms in total. The van der Waals surface area contributed by atoms with E-state index in [1.165, 1.54) is 12.4 Å². The number of aromatic nitrogens is 2. The van der Waals surface area contributed by atoms with E-state index in [-0.39, 0.29) is 10.7 Å². The van der Waals surface area contributed by atoms with Crippen molar-refractivity contribution in [3.05, 3.63) is 57.1 Å². The van der Waals surface area contributed by atoms with Crippen LogP contribution in [0.5, 0.6) is 0 Å². The Bertz CT molecular complexity index is 604. The van der Waals surface area contributed by atoms with E-state index in [2.05, 4.69) is 15.3 Å². The van der Waals surface area contributed by atoms with Crippen LogP contribution in [-0.2, 0) is 6.54 Å². The summed E-state index contributed by atoms with van der Waals surface area (Å²) in [6, 6.07) is 4.79. The monoisotopic (exact) mass is 278 g/mol. The molecular weight excluding hydrogens is 268 g/mol. The van der Waals surface area contributed by atoms with Gasteiger partial charge in [0.2, 0.25) is 0 Å². The Balaban J connectivity index is 2.17. The molecular formula is C12H11ClN4O2. The number of nitrogens with zero attached hydrogens (tertiary/aromatic N) is 3. The highest BCUT2D eigenvalue weighted by Crippen LogP contribution is 2.30. The smallest absolute Gasteiger partial charge is 0.288 e. The van der Waals surface area contributed by atoms with E-state index in [1.54, 1.807) is 25.3 Å². The zero-order valence-electron chi connectivity index (χ0n) is 10.1. The molecule has 0 saturated carbocycles. The molecule has 1 N–H and O–H groups in total. The molecule has 1 heterocycles. The molecule has 0 atom stereocenters. The average Bonchev–Trinajstić information content (AvgIpc) is 2.40. The van der Waals surface area contributed by atoms with Crippen molar-refractivity contribution in [2.75, 3.05) is 5.32 Å². The number of aryl methyl sites for hydroxylation is 1. The lowest BCUT2D eigenvalue weighted by Crippen LogP contribution is -2.03. The third-order valence-electron chi connectivity index (χ3n) is 2.59. The summed E-state index contributed by atoms with van der Waals surface area (Å²) in [5.74, 6) is 0. The molecule has 1 aromatic heterocycles. The highest BCUT2D eigenvalue weighted by atomic mass is 35.5. The van der Waals surface area contributed by atoms with Crippen LogP contribution in [0.25, 0.3) is 0 Å². The summed E-state index contributed by atoms with van der Waals surface area (Å²) >= 11 is 5.87. The van der Waals surface area contributed by atoms with Crippen LogP contribution < -0.4 is 5.32 Å². The van der Waals surface area contributed by atoms with Gasteiger partial charge in [0.25, 0.3) is 5.69 Å². The van der Waals surface area contributed by atoms with E-state index in [0.717, 1.165) is 16.9 Å². The van der Waals surface area contributed by atoms with Crippen LogP contribution in [0.15, 0.2) is 30.7 Å². The van der Waals surface area contributed by atoms with Gasteiger partial charge in [-0.25, -0.2) is 9.97 Å². The number of nitro groups is 1. The highest BCUT2D eigenvalue weighted by Gasteiger charge is 2.14. The van der Waals surface area contributed by atoms with Crippen molar-refractivity contribution >= 4 is 23.0 Å². The number of nitro benzene ring substituents is 1. The molecule has 0 bridgehead atoms. The number of rotatable bonds is 4. The van der Waals surface area contributed by atoms with Crippen LogP contribution in [0.3, 0.4) is 0 Å². The van der Waals surface area contributed by atoms with E-state index in [0.29, 0.717) is 6.54 Å². The van der Waals surface area contributed by atoms with Crippen molar-refractivity contribution < 1.29 is 4.92 Å². The van der Waals surface area contributed by atoms with Gasteiger partial charge in [0.1, 0.15) is 11.3 Å². The van der Waals surface area contributed by atoms with Gasteiger partial charge >= 0.3 is 0 Å². The number of benzene rings is 1. The highest BCUT2D eigenvalue weighted by molar-refractivity contribution is 6.33. The number of halogens is 1. The van der Waals surface area contributed by atoms with Gasteiger partial charge in [0.15, 0.2) is 0 Å². The molecule has 1 aromatic carbocycles. The first-order valence-corrected chi connectivity index (χ1v) is 5.89. The predicted octanol–water partition coefficient (Wildman–Crippen LogP) is 2.96. The van der Waals surface area contributed by atoms with Gasteiger partial charge < -0.3 is 5.32 Å². The lowest BCUT2D eigenvalue weighted by molar-refractivity contribution is -0.384. The van der Waals surface area contributed by atoms with E-state index in [4.69, 9.17) is 11.6 Å². The summed E-state index contributed by atoms with van der Waals surface area (Å²) in [6.45, 7) is 2.28. The zero-order chi connectivity index (χ0) is 13.8. The summed E-state index contributed by atoms with van der Waals surface area (Å²) in [7, 11) is 0. The fourth-order valence-electron chi connectivity index (χ4n) is 1.61. The second kappa shape index (κ2) is 5.62. The SMILES string of the molecule is Cc1cc([N+](=O)[O-])c(Cl)cc1NCc1ccncn1. The molecule has 0 amide bonds. The topological polar surface area (TPSA) is 81.0 Å². The Hall–Kier alpha value is -2.21. The molecule has 0 unspecified atom stereocenters. The van der Waals surface area contributed by atoms with Crippen LogP contribution in [0, 0.1) is 17.0 Å². The lowest BCUT2D eigenvalue weighted by Gasteiger charge is -2.09. The molecule has 2 rings (SSSR count). The molecule has 2 aromatic rings. The van der Waals surface area contributed by atoms with Gasteiger partial charge in [-0.1, -0.05) is 11.6 Å². The van der Waals surface area contributed by atoms with Gasteiger partial charge in [-0.05, 0) is 24.6 Å². The normalized spacial score (nSPS) is 10.2. The first-order valence-electron chi connectivity index (χ1n) is 5.51. The summed E-state index contributed by atoms with van der Waals surface area (Å²) in [4.78, 5) is 18.2. The third-order valence-corrected chi connectivity index (χ3v) is 2.90. The van der Waals surface area contributed by atoms with Gasteiger partial charge in [0.05, 0.1) is 17.2 Å². The van der Waals surface area contributed by atoms with Gasteiger partial charge in [-0.2, -0.15) is 0 Å². The summed E-state index contributed by atoms with van der Waals surface area (Å²) in [5.41, 5.74) is 2.23. The Labute approximate surface area is 114 Å². The maximum Gasteiger partial charge on any atom is 0.288 e. The Morgan fingerprint density at radius 3 is 2.89 bits per heavy atom. The molecule has 0 spiro atoms. The number of hydrogen-bond acceptors (Lipinski definition) is 5. The maximum absolute atomic E-state index is 10.7. The molecule has 0 saturated heterocycles. The van der Waals surface area contributed by atoms with Crippen molar-refractivity contribution in [2.45, 2.75) is 13.5 Å². The fourth-order valence-corrected chi connectivity index (χ4v) is 1.84. The third kappa shape index (κ3) is 3.17. The number of nitrogens with one attached hydrogen (secondary N) is 1. The standard InChI is InChI=1S/C12H11ClN4O2/c1-8-4-12(17(18)19)10(13)5-11(8)15-6-9-2-3-14-7-16-9/h2-5,7,15H,6H2,1H3.